The molecule has 3 amide bonds. The normalized spacial score (nSPS) is 13.8. The Bertz CT molecular complexity index is 847. The van der Waals surface area contributed by atoms with E-state index < -0.39 is 0 Å². The molecule has 3 rings (SSSR count). The highest BCUT2D eigenvalue weighted by Gasteiger charge is 2.24. The number of piperazine rings is 1. The maximum atomic E-state index is 12.5. The van der Waals surface area contributed by atoms with Crippen molar-refractivity contribution in [2.75, 3.05) is 32.7 Å². The van der Waals surface area contributed by atoms with E-state index in [-0.39, 0.29) is 17.7 Å². The van der Waals surface area contributed by atoms with Crippen molar-refractivity contribution in [3.05, 3.63) is 70.7 Å². The van der Waals surface area contributed by atoms with Crippen LogP contribution in [0.4, 0.5) is 0 Å². The monoisotopic (exact) mass is 413 g/mol. The minimum Gasteiger partial charge on any atom is -0.352 e. The van der Waals surface area contributed by atoms with Crippen LogP contribution < -0.4 is 5.32 Å². The average molecular weight is 414 g/mol. The van der Waals surface area contributed by atoms with Crippen LogP contribution in [0, 0.1) is 0 Å². The van der Waals surface area contributed by atoms with Crippen LogP contribution in [0.3, 0.4) is 0 Å². The largest absolute Gasteiger partial charge is 0.352 e. The number of amides is 3. The van der Waals surface area contributed by atoms with Gasteiger partial charge in [-0.3, -0.25) is 14.4 Å². The van der Waals surface area contributed by atoms with Crippen LogP contribution >= 0.6 is 11.6 Å². The Kier molecular flexibility index (Phi) is 7.25. The number of nitrogens with zero attached hydrogens (tertiary/aromatic N) is 2. The van der Waals surface area contributed by atoms with Crippen molar-refractivity contribution in [1.82, 2.24) is 15.1 Å². The van der Waals surface area contributed by atoms with Crippen molar-refractivity contribution in [2.24, 2.45) is 0 Å². The molecule has 1 fully saturated rings. The molecule has 0 aliphatic carbocycles. The number of carbonyl (C=O) groups excluding carboxylic acids is 3. The first kappa shape index (κ1) is 20.9. The second-order valence-corrected chi connectivity index (χ2v) is 7.34. The van der Waals surface area contributed by atoms with Crippen LogP contribution in [-0.2, 0) is 4.79 Å². The number of hydrogen-bond donors (Lipinski definition) is 1. The fourth-order valence-electron chi connectivity index (χ4n) is 3.23. The summed E-state index contributed by atoms with van der Waals surface area (Å²) < 4.78 is 0. The maximum Gasteiger partial charge on any atom is 0.253 e. The summed E-state index contributed by atoms with van der Waals surface area (Å²) in [4.78, 5) is 40.5. The minimum atomic E-state index is -0.179. The first-order valence-corrected chi connectivity index (χ1v) is 10.1. The molecule has 1 aliphatic heterocycles. The molecule has 0 aromatic heterocycles. The quantitative estimate of drug-likeness (QED) is 0.740. The molecule has 1 aliphatic rings. The Morgan fingerprint density at radius 2 is 1.45 bits per heavy atom. The third-order valence-corrected chi connectivity index (χ3v) is 5.15. The second kappa shape index (κ2) is 10.1. The van der Waals surface area contributed by atoms with Crippen molar-refractivity contribution in [3.63, 3.8) is 0 Å². The number of nitrogens with one attached hydrogen (secondary N) is 1. The molecule has 2 aromatic rings. The molecule has 152 valence electrons. The SMILES string of the molecule is O=C(NCCCC(=O)N1CCN(C(=O)c2ccccc2)CC1)c1ccc(Cl)cc1. The highest BCUT2D eigenvalue weighted by molar-refractivity contribution is 6.30. The molecule has 0 atom stereocenters. The molecule has 0 spiro atoms. The third-order valence-electron chi connectivity index (χ3n) is 4.90. The van der Waals surface area contributed by atoms with Gasteiger partial charge in [0.2, 0.25) is 5.91 Å². The lowest BCUT2D eigenvalue weighted by Crippen LogP contribution is -2.50. The maximum absolute atomic E-state index is 12.5. The Morgan fingerprint density at radius 3 is 2.10 bits per heavy atom. The van der Waals surface area contributed by atoms with Crippen LogP contribution in [0.5, 0.6) is 0 Å². The first-order valence-electron chi connectivity index (χ1n) is 9.70. The standard InChI is InChI=1S/C22H24ClN3O3/c23-19-10-8-17(9-11-19)21(28)24-12-4-7-20(27)25-13-15-26(16-14-25)22(29)18-5-2-1-3-6-18/h1-3,5-6,8-11H,4,7,12-16H2,(H,24,28). The van der Waals surface area contributed by atoms with E-state index in [1.807, 2.05) is 18.2 Å². The fourth-order valence-corrected chi connectivity index (χ4v) is 3.35. The van der Waals surface area contributed by atoms with E-state index in [2.05, 4.69) is 5.32 Å². The summed E-state index contributed by atoms with van der Waals surface area (Å²) in [6.07, 6.45) is 0.939. The average Bonchev–Trinajstić information content (AvgIpc) is 2.77. The molecule has 0 bridgehead atoms. The zero-order chi connectivity index (χ0) is 20.6. The van der Waals surface area contributed by atoms with E-state index in [4.69, 9.17) is 11.6 Å². The summed E-state index contributed by atoms with van der Waals surface area (Å²) in [6, 6.07) is 15.8. The van der Waals surface area contributed by atoms with Gasteiger partial charge in [0.1, 0.15) is 0 Å². The van der Waals surface area contributed by atoms with Gasteiger partial charge in [-0.05, 0) is 42.8 Å². The molecule has 0 saturated carbocycles. The van der Waals surface area contributed by atoms with Gasteiger partial charge in [-0.25, -0.2) is 0 Å². The van der Waals surface area contributed by atoms with Crippen LogP contribution in [-0.4, -0.2) is 60.2 Å². The third kappa shape index (κ3) is 5.81. The number of rotatable bonds is 6. The van der Waals surface area contributed by atoms with E-state index in [9.17, 15) is 14.4 Å². The number of benzene rings is 2. The molecular formula is C22H24ClN3O3. The number of carbonyl (C=O) groups is 3. The molecule has 7 heteroatoms. The van der Waals surface area contributed by atoms with Crippen molar-refractivity contribution < 1.29 is 14.4 Å². The van der Waals surface area contributed by atoms with Crippen molar-refractivity contribution >= 4 is 29.3 Å². The molecular weight excluding hydrogens is 390 g/mol. The van der Waals surface area contributed by atoms with Gasteiger partial charge in [-0.2, -0.15) is 0 Å². The molecule has 29 heavy (non-hydrogen) atoms. The zero-order valence-corrected chi connectivity index (χ0v) is 16.9. The van der Waals surface area contributed by atoms with E-state index >= 15 is 0 Å². The molecule has 2 aromatic carbocycles. The predicted molar refractivity (Wildman–Crippen MR) is 112 cm³/mol. The van der Waals surface area contributed by atoms with Crippen LogP contribution in [0.1, 0.15) is 33.6 Å². The summed E-state index contributed by atoms with van der Waals surface area (Å²) in [5, 5.41) is 3.39. The van der Waals surface area contributed by atoms with E-state index in [0.29, 0.717) is 61.7 Å². The Hall–Kier alpha value is -2.86. The van der Waals surface area contributed by atoms with E-state index in [1.54, 1.807) is 46.2 Å². The Balaban J connectivity index is 1.36. The van der Waals surface area contributed by atoms with Gasteiger partial charge in [0.25, 0.3) is 11.8 Å². The van der Waals surface area contributed by atoms with Crippen molar-refractivity contribution in [2.45, 2.75) is 12.8 Å². The number of hydrogen-bond acceptors (Lipinski definition) is 3. The van der Waals surface area contributed by atoms with Gasteiger partial charge < -0.3 is 15.1 Å². The molecule has 1 heterocycles. The second-order valence-electron chi connectivity index (χ2n) is 6.91. The van der Waals surface area contributed by atoms with Gasteiger partial charge in [0.15, 0.2) is 0 Å². The summed E-state index contributed by atoms with van der Waals surface area (Å²) >= 11 is 5.81. The Morgan fingerprint density at radius 1 is 0.828 bits per heavy atom. The summed E-state index contributed by atoms with van der Waals surface area (Å²) in [5.41, 5.74) is 1.21. The number of halogens is 1. The highest BCUT2D eigenvalue weighted by Crippen LogP contribution is 2.11. The Labute approximate surface area is 175 Å². The van der Waals surface area contributed by atoms with Gasteiger partial charge >= 0.3 is 0 Å². The lowest BCUT2D eigenvalue weighted by Gasteiger charge is -2.35. The van der Waals surface area contributed by atoms with Gasteiger partial charge in [-0.15, -0.1) is 0 Å². The summed E-state index contributed by atoms with van der Waals surface area (Å²) in [6.45, 7) is 2.57. The topological polar surface area (TPSA) is 69.7 Å². The molecule has 1 N–H and O–H groups in total. The highest BCUT2D eigenvalue weighted by atomic mass is 35.5. The lowest BCUT2D eigenvalue weighted by molar-refractivity contribution is -0.132. The molecule has 0 unspecified atom stereocenters. The first-order chi connectivity index (χ1) is 14.0. The van der Waals surface area contributed by atoms with Gasteiger partial charge in [-0.1, -0.05) is 29.8 Å². The minimum absolute atomic E-state index is 0.00242. The summed E-state index contributed by atoms with van der Waals surface area (Å²) in [7, 11) is 0. The van der Waals surface area contributed by atoms with Crippen LogP contribution in [0.25, 0.3) is 0 Å². The summed E-state index contributed by atoms with van der Waals surface area (Å²) in [5.74, 6) is -0.123. The fraction of sp³-hybridized carbons (Fsp3) is 0.318. The van der Waals surface area contributed by atoms with Crippen LogP contribution in [0.2, 0.25) is 5.02 Å². The van der Waals surface area contributed by atoms with E-state index in [0.717, 1.165) is 0 Å². The van der Waals surface area contributed by atoms with Crippen molar-refractivity contribution in [3.8, 4) is 0 Å². The smallest absolute Gasteiger partial charge is 0.253 e. The molecule has 6 nitrogen and oxygen atoms in total. The van der Waals surface area contributed by atoms with E-state index in [1.165, 1.54) is 0 Å². The van der Waals surface area contributed by atoms with Gasteiger partial charge in [0, 0.05) is 55.3 Å². The van der Waals surface area contributed by atoms with Crippen molar-refractivity contribution in [1.29, 1.82) is 0 Å². The lowest BCUT2D eigenvalue weighted by atomic mass is 10.1. The zero-order valence-electron chi connectivity index (χ0n) is 16.1. The molecule has 1 saturated heterocycles. The molecule has 0 radical (unpaired) electrons. The van der Waals surface area contributed by atoms with Gasteiger partial charge in [0.05, 0.1) is 0 Å². The van der Waals surface area contributed by atoms with Crippen LogP contribution in [0.15, 0.2) is 54.6 Å². The predicted octanol–water partition coefficient (Wildman–Crippen LogP) is 2.83.